The molecule has 4 rings (SSSR count). The van der Waals surface area contributed by atoms with Gasteiger partial charge in [0, 0.05) is 62.2 Å². The van der Waals surface area contributed by atoms with Crippen LogP contribution in [0.5, 0.6) is 0 Å². The first-order chi connectivity index (χ1) is 26.4. The lowest BCUT2D eigenvalue weighted by Crippen LogP contribution is -2.70. The highest BCUT2D eigenvalue weighted by molar-refractivity contribution is 5.08. The molecule has 0 amide bonds. The summed E-state index contributed by atoms with van der Waals surface area (Å²) in [7, 11) is 3.41. The molecular formula is C34H72N10O12. The van der Waals surface area contributed by atoms with E-state index in [1.165, 1.54) is 0 Å². The molecule has 56 heavy (non-hydrogen) atoms. The maximum atomic E-state index is 11.1. The Morgan fingerprint density at radius 3 is 1.21 bits per heavy atom. The first kappa shape index (κ1) is 47.8. The van der Waals surface area contributed by atoms with Gasteiger partial charge in [-0.25, -0.2) is 0 Å². The number of rotatable bonds is 17. The van der Waals surface area contributed by atoms with Crippen molar-refractivity contribution in [1.82, 2.24) is 9.80 Å². The number of unbranched alkanes of at least 4 members (excludes halogenated alkanes) is 1. The van der Waals surface area contributed by atoms with E-state index in [1.54, 1.807) is 23.9 Å². The molecule has 0 aromatic heterocycles. The van der Waals surface area contributed by atoms with Crippen LogP contribution in [0.4, 0.5) is 0 Å². The highest BCUT2D eigenvalue weighted by Gasteiger charge is 2.55. The van der Waals surface area contributed by atoms with Crippen molar-refractivity contribution in [2.75, 3.05) is 53.5 Å². The lowest BCUT2D eigenvalue weighted by molar-refractivity contribution is -0.222. The molecule has 0 aromatic carbocycles. The molecule has 2 heterocycles. The third-order valence-electron chi connectivity index (χ3n) is 12.4. The van der Waals surface area contributed by atoms with Crippen molar-refractivity contribution in [3.8, 4) is 0 Å². The number of likely N-dealkylation sites (N-methyl/N-ethyl adjacent to an activating group) is 2. The van der Waals surface area contributed by atoms with E-state index in [-0.39, 0.29) is 39.1 Å². The maximum absolute atomic E-state index is 11.1. The predicted octanol–water partition coefficient (Wildman–Crippen LogP) is -9.34. The number of nitrogens with two attached hydrogens (primary N) is 8. The van der Waals surface area contributed by atoms with Crippen LogP contribution in [0.2, 0.25) is 0 Å². The molecule has 2 saturated heterocycles. The summed E-state index contributed by atoms with van der Waals surface area (Å²) in [6, 6.07) is -4.81. The molecule has 22 nitrogen and oxygen atoms in total. The zero-order valence-electron chi connectivity index (χ0n) is 32.5. The molecule has 330 valence electrons. The monoisotopic (exact) mass is 813 g/mol. The van der Waals surface area contributed by atoms with Gasteiger partial charge in [0.05, 0.1) is 74.1 Å². The van der Waals surface area contributed by atoms with Gasteiger partial charge in [-0.3, -0.25) is 9.80 Å². The number of hydrogen-bond acceptors (Lipinski definition) is 22. The van der Waals surface area contributed by atoms with Crippen molar-refractivity contribution in [2.45, 2.75) is 148 Å². The minimum atomic E-state index is -1.35. The van der Waals surface area contributed by atoms with Crippen molar-refractivity contribution in [3.05, 3.63) is 0 Å². The van der Waals surface area contributed by atoms with Gasteiger partial charge < -0.3 is 106 Å². The normalized spacial score (nSPS) is 46.3. The summed E-state index contributed by atoms with van der Waals surface area (Å²) >= 11 is 0. The first-order valence-electron chi connectivity index (χ1n) is 19.7. The largest absolute Gasteiger partial charge is 0.389 e. The minimum Gasteiger partial charge on any atom is -0.389 e. The Kier molecular flexibility index (Phi) is 18.0. The molecule has 22 atom stereocenters. The van der Waals surface area contributed by atoms with Gasteiger partial charge in [0.2, 0.25) is 0 Å². The number of hydrogen-bond donors (Lipinski definition) is 16. The molecule has 2 saturated carbocycles. The molecule has 0 radical (unpaired) electrons. The van der Waals surface area contributed by atoms with Crippen molar-refractivity contribution >= 4 is 0 Å². The molecule has 0 spiro atoms. The highest BCUT2D eigenvalue weighted by Crippen LogP contribution is 2.37. The summed E-state index contributed by atoms with van der Waals surface area (Å²) < 4.78 is 24.1. The van der Waals surface area contributed by atoms with E-state index in [1.807, 2.05) is 0 Å². The van der Waals surface area contributed by atoms with Crippen LogP contribution in [0.15, 0.2) is 0 Å². The van der Waals surface area contributed by atoms with Crippen LogP contribution in [0, 0.1) is 11.8 Å². The lowest BCUT2D eigenvalue weighted by Gasteiger charge is -2.51. The molecule has 4 aliphatic rings. The zero-order valence-corrected chi connectivity index (χ0v) is 32.5. The number of aliphatic hydroxyl groups is 8. The fourth-order valence-electron chi connectivity index (χ4n) is 8.72. The molecule has 2 aliphatic carbocycles. The van der Waals surface area contributed by atoms with Crippen molar-refractivity contribution in [1.29, 1.82) is 0 Å². The highest BCUT2D eigenvalue weighted by atomic mass is 16.5. The Bertz CT molecular complexity index is 1090. The van der Waals surface area contributed by atoms with Crippen LogP contribution in [-0.2, 0) is 18.9 Å². The summed E-state index contributed by atoms with van der Waals surface area (Å²) in [6.45, 7) is 0.276. The van der Waals surface area contributed by atoms with Gasteiger partial charge in [0.15, 0.2) is 0 Å². The fraction of sp³-hybridized carbons (Fsp3) is 1.00. The topological polar surface area (TPSA) is 413 Å². The Morgan fingerprint density at radius 1 is 0.554 bits per heavy atom. The first-order valence-corrected chi connectivity index (χ1v) is 19.7. The van der Waals surface area contributed by atoms with Crippen LogP contribution in [0.3, 0.4) is 0 Å². The molecule has 2 aliphatic heterocycles. The lowest BCUT2D eigenvalue weighted by atomic mass is 9.71. The van der Waals surface area contributed by atoms with Gasteiger partial charge in [-0.15, -0.1) is 0 Å². The van der Waals surface area contributed by atoms with E-state index >= 15 is 0 Å². The molecular weight excluding hydrogens is 740 g/mol. The SMILES string of the molecule is CN(CCCCN(C)[C@H](O)CO[C@@H]1[C@@H](O)[C@H](N)C[C@H](N)[C@H]1[C@H]1O[C@H](CN)[C@@H](O)[C@H](O)[C@H]1N)[C@H](O)CO[C@@H]1[C@@H](O)[C@H](N)C[C@H](N)[C@H]1[C@H]1O[C@H](CN)[C@@H](O)[C@H](O)[C@H]1N. The summed E-state index contributed by atoms with van der Waals surface area (Å²) in [4.78, 5) is 3.33. The van der Waals surface area contributed by atoms with Crippen LogP contribution >= 0.6 is 0 Å². The third kappa shape index (κ3) is 10.7. The Labute approximate surface area is 328 Å². The number of ether oxygens (including phenoxy) is 4. The smallest absolute Gasteiger partial charge is 0.130 e. The summed E-state index contributed by atoms with van der Waals surface area (Å²) in [6.07, 6.45) is -13.8. The number of aliphatic hydroxyl groups excluding tert-OH is 8. The van der Waals surface area contributed by atoms with E-state index in [0.717, 1.165) is 0 Å². The maximum Gasteiger partial charge on any atom is 0.130 e. The van der Waals surface area contributed by atoms with Gasteiger partial charge in [-0.05, 0) is 39.8 Å². The van der Waals surface area contributed by atoms with Crippen molar-refractivity contribution < 1.29 is 59.8 Å². The molecule has 0 unspecified atom stereocenters. The predicted molar refractivity (Wildman–Crippen MR) is 202 cm³/mol. The standard InChI is InChI=1S/C34H72N10O12/c1-43(19(45)11-53-33-21(13(37)7-15(39)25(33)47)31-23(41)29(51)27(49)17(9-35)55-31)5-3-4-6-44(2)20(46)12-54-34-22(14(38)8-16(40)26(34)48)32-24(42)30(52)28(50)18(10-36)56-32/h13-34,45-52H,3-12,35-42H2,1-2H3/t13-,14-,15+,16+,17+,18+,19+,20+,21-,22-,23+,24+,25-,26-,27+,28+,29+,30+,31+,32+,33-,34-/m0/s1. The third-order valence-corrected chi connectivity index (χ3v) is 12.4. The second-order valence-corrected chi connectivity index (χ2v) is 16.4. The van der Waals surface area contributed by atoms with E-state index in [2.05, 4.69) is 0 Å². The van der Waals surface area contributed by atoms with E-state index in [9.17, 15) is 40.9 Å². The van der Waals surface area contributed by atoms with E-state index < -0.39 is 134 Å². The van der Waals surface area contributed by atoms with E-state index in [4.69, 9.17) is 64.8 Å². The van der Waals surface area contributed by atoms with Crippen LogP contribution in [-0.4, -0.2) is 226 Å². The number of nitrogens with zero attached hydrogens (tertiary/aromatic N) is 2. The van der Waals surface area contributed by atoms with Crippen molar-refractivity contribution in [3.63, 3.8) is 0 Å². The van der Waals surface area contributed by atoms with Gasteiger partial charge >= 0.3 is 0 Å². The Hall–Kier alpha value is -0.880. The molecule has 0 bridgehead atoms. The van der Waals surface area contributed by atoms with Gasteiger partial charge in [-0.1, -0.05) is 0 Å². The van der Waals surface area contributed by atoms with Crippen LogP contribution in [0.25, 0.3) is 0 Å². The average molecular weight is 813 g/mol. The van der Waals surface area contributed by atoms with Gasteiger partial charge in [0.25, 0.3) is 0 Å². The van der Waals surface area contributed by atoms with Gasteiger partial charge in [0.1, 0.15) is 36.9 Å². The van der Waals surface area contributed by atoms with Crippen LogP contribution < -0.4 is 45.9 Å². The van der Waals surface area contributed by atoms with Crippen molar-refractivity contribution in [2.24, 2.45) is 57.7 Å². The molecule has 4 fully saturated rings. The Balaban J connectivity index is 1.26. The van der Waals surface area contributed by atoms with E-state index in [0.29, 0.717) is 25.9 Å². The Morgan fingerprint density at radius 2 is 0.893 bits per heavy atom. The molecule has 22 heteroatoms. The zero-order chi connectivity index (χ0) is 41.8. The molecule has 0 aromatic rings. The minimum absolute atomic E-state index is 0.0834. The van der Waals surface area contributed by atoms with Gasteiger partial charge in [-0.2, -0.15) is 0 Å². The average Bonchev–Trinajstić information content (AvgIpc) is 3.16. The van der Waals surface area contributed by atoms with Crippen LogP contribution in [0.1, 0.15) is 25.7 Å². The molecule has 24 N–H and O–H groups in total. The second kappa shape index (κ2) is 21.1. The summed E-state index contributed by atoms with van der Waals surface area (Å²) in [5.41, 5.74) is 49.3. The second-order valence-electron chi connectivity index (χ2n) is 16.4. The summed E-state index contributed by atoms with van der Waals surface area (Å²) in [5, 5.41) is 85.9. The fourth-order valence-corrected chi connectivity index (χ4v) is 8.72. The quantitative estimate of drug-likeness (QED) is 0.0479. The summed E-state index contributed by atoms with van der Waals surface area (Å²) in [5.74, 6) is -1.47.